The fraction of sp³-hybridized carbons (Fsp3) is 0.647. The molecule has 0 aromatic carbocycles. The van der Waals surface area contributed by atoms with E-state index in [4.69, 9.17) is 4.74 Å². The summed E-state index contributed by atoms with van der Waals surface area (Å²) in [7, 11) is 0. The average Bonchev–Trinajstić information content (AvgIpc) is 2.55. The molecule has 0 saturated carbocycles. The molecule has 20 heavy (non-hydrogen) atoms. The lowest BCUT2D eigenvalue weighted by molar-refractivity contribution is -0.151. The average molecular weight is 276 g/mol. The maximum Gasteiger partial charge on any atom is 0.311 e. The van der Waals surface area contributed by atoms with Crippen LogP contribution in [-0.4, -0.2) is 18.4 Å². The molecule has 110 valence electrons. The van der Waals surface area contributed by atoms with Gasteiger partial charge in [0, 0.05) is 5.41 Å². The van der Waals surface area contributed by atoms with Gasteiger partial charge in [-0.2, -0.15) is 0 Å². The van der Waals surface area contributed by atoms with Gasteiger partial charge in [0.15, 0.2) is 5.78 Å². The number of ether oxygens (including phenoxy) is 1. The third-order valence-corrected chi connectivity index (χ3v) is 4.49. The van der Waals surface area contributed by atoms with E-state index >= 15 is 0 Å². The Balaban J connectivity index is 1.96. The first kappa shape index (κ1) is 15.0. The highest BCUT2D eigenvalue weighted by Gasteiger charge is 2.42. The smallest absolute Gasteiger partial charge is 0.311 e. The van der Waals surface area contributed by atoms with Crippen LogP contribution in [0.25, 0.3) is 0 Å². The second kappa shape index (κ2) is 5.19. The Morgan fingerprint density at radius 3 is 2.80 bits per heavy atom. The van der Waals surface area contributed by atoms with Crippen molar-refractivity contribution < 1.29 is 14.3 Å². The van der Waals surface area contributed by atoms with Crippen molar-refractivity contribution in [1.82, 2.24) is 0 Å². The summed E-state index contributed by atoms with van der Waals surface area (Å²) in [6.07, 6.45) is 8.43. The minimum atomic E-state index is -0.466. The van der Waals surface area contributed by atoms with Crippen molar-refractivity contribution in [3.05, 3.63) is 23.8 Å². The summed E-state index contributed by atoms with van der Waals surface area (Å²) in [5.74, 6) is 0.361. The van der Waals surface area contributed by atoms with Gasteiger partial charge in [-0.3, -0.25) is 9.59 Å². The molecule has 2 aliphatic carbocycles. The summed E-state index contributed by atoms with van der Waals surface area (Å²) in [5.41, 5.74) is 0.415. The monoisotopic (exact) mass is 276 g/mol. The predicted molar refractivity (Wildman–Crippen MR) is 78.1 cm³/mol. The second-order valence-corrected chi connectivity index (χ2v) is 7.17. The Kier molecular flexibility index (Phi) is 3.90. The van der Waals surface area contributed by atoms with Gasteiger partial charge in [-0.25, -0.2) is 0 Å². The van der Waals surface area contributed by atoms with Crippen LogP contribution in [-0.2, 0) is 14.3 Å². The topological polar surface area (TPSA) is 43.4 Å². The molecule has 0 radical (unpaired) electrons. The summed E-state index contributed by atoms with van der Waals surface area (Å²) in [6, 6.07) is 0. The highest BCUT2D eigenvalue weighted by atomic mass is 16.5. The zero-order valence-corrected chi connectivity index (χ0v) is 12.9. The van der Waals surface area contributed by atoms with Gasteiger partial charge in [0.2, 0.25) is 0 Å². The lowest BCUT2D eigenvalue weighted by Crippen LogP contribution is -2.29. The largest absolute Gasteiger partial charge is 0.461 e. The van der Waals surface area contributed by atoms with Crippen molar-refractivity contribution in [2.45, 2.75) is 47.0 Å². The molecule has 0 saturated heterocycles. The maximum absolute atomic E-state index is 12.0. The third kappa shape index (κ3) is 2.87. The van der Waals surface area contributed by atoms with E-state index in [0.29, 0.717) is 12.5 Å². The first-order valence-corrected chi connectivity index (χ1v) is 7.31. The summed E-state index contributed by atoms with van der Waals surface area (Å²) in [6.45, 7) is 7.97. The molecular weight excluding hydrogens is 252 g/mol. The van der Waals surface area contributed by atoms with Crippen LogP contribution in [0.4, 0.5) is 0 Å². The molecule has 3 heteroatoms. The van der Waals surface area contributed by atoms with Gasteiger partial charge in [-0.1, -0.05) is 19.1 Å². The summed E-state index contributed by atoms with van der Waals surface area (Å²) >= 11 is 0. The number of rotatable bonds is 2. The molecule has 3 nitrogen and oxygen atoms in total. The van der Waals surface area contributed by atoms with Crippen molar-refractivity contribution >= 4 is 11.8 Å². The lowest BCUT2D eigenvalue weighted by atomic mass is 9.74. The van der Waals surface area contributed by atoms with E-state index < -0.39 is 5.41 Å². The van der Waals surface area contributed by atoms with Crippen LogP contribution in [0.1, 0.15) is 47.0 Å². The molecule has 0 bridgehead atoms. The van der Waals surface area contributed by atoms with Crippen LogP contribution < -0.4 is 0 Å². The number of ketones is 1. The molecule has 0 fully saturated rings. The molecule has 0 aromatic heterocycles. The molecule has 0 spiro atoms. The molecule has 0 aromatic rings. The number of allylic oxidation sites excluding steroid dienone is 3. The van der Waals surface area contributed by atoms with E-state index in [1.165, 1.54) is 0 Å². The zero-order chi connectivity index (χ0) is 15.0. The Labute approximate surface area is 121 Å². The van der Waals surface area contributed by atoms with E-state index in [1.807, 2.05) is 26.8 Å². The quantitative estimate of drug-likeness (QED) is 0.573. The SMILES string of the molecule is CC(C)(C)C(=O)OCC1=CC[C@@H]2C=CC(=O)[C@]2(C)CC1. The molecule has 0 N–H and O–H groups in total. The van der Waals surface area contributed by atoms with Gasteiger partial charge in [0.1, 0.15) is 6.61 Å². The fourth-order valence-corrected chi connectivity index (χ4v) is 2.76. The van der Waals surface area contributed by atoms with Crippen molar-refractivity contribution in [2.75, 3.05) is 6.61 Å². The number of hydrogen-bond donors (Lipinski definition) is 0. The van der Waals surface area contributed by atoms with Crippen molar-refractivity contribution in [2.24, 2.45) is 16.7 Å². The van der Waals surface area contributed by atoms with Crippen LogP contribution in [0.2, 0.25) is 0 Å². The predicted octanol–water partition coefficient (Wildman–Crippen LogP) is 3.45. The van der Waals surface area contributed by atoms with Crippen LogP contribution >= 0.6 is 0 Å². The van der Waals surface area contributed by atoms with Crippen molar-refractivity contribution in [1.29, 1.82) is 0 Å². The van der Waals surface area contributed by atoms with E-state index in [9.17, 15) is 9.59 Å². The number of fused-ring (bicyclic) bond motifs is 1. The van der Waals surface area contributed by atoms with E-state index in [1.54, 1.807) is 6.08 Å². The zero-order valence-electron chi connectivity index (χ0n) is 12.9. The fourth-order valence-electron chi connectivity index (χ4n) is 2.76. The van der Waals surface area contributed by atoms with Crippen molar-refractivity contribution in [3.8, 4) is 0 Å². The summed E-state index contributed by atoms with van der Waals surface area (Å²) < 4.78 is 5.37. The molecule has 0 unspecified atom stereocenters. The molecule has 0 aliphatic heterocycles. The van der Waals surface area contributed by atoms with Gasteiger partial charge in [-0.15, -0.1) is 0 Å². The van der Waals surface area contributed by atoms with Gasteiger partial charge < -0.3 is 4.74 Å². The molecule has 2 aliphatic rings. The standard InChI is InChI=1S/C17H24O3/c1-16(2,3)15(19)20-11-12-5-6-13-7-8-14(18)17(13,4)10-9-12/h5,7-8,13H,6,9-11H2,1-4H3/t13-,17-/m1/s1. The second-order valence-electron chi connectivity index (χ2n) is 7.17. The van der Waals surface area contributed by atoms with Gasteiger partial charge in [0.25, 0.3) is 0 Å². The molecule has 2 rings (SSSR count). The van der Waals surface area contributed by atoms with Crippen LogP contribution in [0.5, 0.6) is 0 Å². The minimum absolute atomic E-state index is 0.176. The number of carbonyl (C=O) groups is 2. The Morgan fingerprint density at radius 2 is 2.15 bits per heavy atom. The van der Waals surface area contributed by atoms with E-state index in [-0.39, 0.29) is 17.2 Å². The Morgan fingerprint density at radius 1 is 1.45 bits per heavy atom. The van der Waals surface area contributed by atoms with Crippen LogP contribution in [0, 0.1) is 16.7 Å². The van der Waals surface area contributed by atoms with Crippen molar-refractivity contribution in [3.63, 3.8) is 0 Å². The Hall–Kier alpha value is -1.38. The first-order chi connectivity index (χ1) is 9.23. The number of carbonyl (C=O) groups excluding carboxylic acids is 2. The normalized spacial score (nSPS) is 29.7. The highest BCUT2D eigenvalue weighted by Crippen LogP contribution is 2.44. The molecular formula is C17H24O3. The maximum atomic E-state index is 12.0. The Bertz CT molecular complexity index is 479. The van der Waals surface area contributed by atoms with E-state index in [0.717, 1.165) is 24.8 Å². The molecule has 0 heterocycles. The van der Waals surface area contributed by atoms with Crippen LogP contribution in [0.15, 0.2) is 23.8 Å². The third-order valence-electron chi connectivity index (χ3n) is 4.49. The lowest BCUT2D eigenvalue weighted by Gasteiger charge is -2.27. The van der Waals surface area contributed by atoms with Crippen LogP contribution in [0.3, 0.4) is 0 Å². The molecule has 2 atom stereocenters. The first-order valence-electron chi connectivity index (χ1n) is 7.31. The summed E-state index contributed by atoms with van der Waals surface area (Å²) in [4.78, 5) is 23.8. The van der Waals surface area contributed by atoms with Gasteiger partial charge in [0.05, 0.1) is 5.41 Å². The van der Waals surface area contributed by atoms with Gasteiger partial charge >= 0.3 is 5.97 Å². The minimum Gasteiger partial charge on any atom is -0.461 e. The number of hydrogen-bond acceptors (Lipinski definition) is 3. The van der Waals surface area contributed by atoms with Gasteiger partial charge in [-0.05, 0) is 57.6 Å². The van der Waals surface area contributed by atoms with E-state index in [2.05, 4.69) is 13.0 Å². The molecule has 0 amide bonds. The summed E-state index contributed by atoms with van der Waals surface area (Å²) in [5, 5.41) is 0. The highest BCUT2D eigenvalue weighted by molar-refractivity contribution is 5.97. The number of esters is 1.